The number of nitrogens with one attached hydrogen (secondary N) is 2. The van der Waals surface area contributed by atoms with E-state index in [-0.39, 0.29) is 30.7 Å². The van der Waals surface area contributed by atoms with Gasteiger partial charge < -0.3 is 21.1 Å². The van der Waals surface area contributed by atoms with Crippen molar-refractivity contribution in [3.63, 3.8) is 0 Å². The summed E-state index contributed by atoms with van der Waals surface area (Å²) < 4.78 is 6.63. The van der Waals surface area contributed by atoms with Crippen LogP contribution in [0.5, 0.6) is 0 Å². The third-order valence-corrected chi connectivity index (χ3v) is 3.49. The molecule has 0 aliphatic rings. The maximum atomic E-state index is 11.6. The fourth-order valence-electron chi connectivity index (χ4n) is 2.28. The van der Waals surface area contributed by atoms with Crippen molar-refractivity contribution in [2.75, 3.05) is 39.1 Å². The number of aryl methyl sites for hydroxylation is 1. The number of halogens is 2. The largest absolute Gasteiger partial charge is 0.384 e. The summed E-state index contributed by atoms with van der Waals surface area (Å²) in [4.78, 5) is 11.6. The molecule has 0 saturated heterocycles. The summed E-state index contributed by atoms with van der Waals surface area (Å²) in [6, 6.07) is 11.7. The van der Waals surface area contributed by atoms with Crippen molar-refractivity contribution < 1.29 is 9.53 Å². The number of methoxy groups -OCH3 is 1. The Balaban J connectivity index is 0.00000312. The van der Waals surface area contributed by atoms with Gasteiger partial charge in [-0.05, 0) is 25.0 Å². The lowest BCUT2D eigenvalue weighted by molar-refractivity contribution is -0.120. The Bertz CT molecular complexity index is 637. The monoisotopic (exact) mass is 403 g/mol. The number of aromatic nitrogens is 2. The zero-order chi connectivity index (χ0) is 17.2. The fourth-order valence-corrected chi connectivity index (χ4v) is 2.28. The molecule has 0 atom stereocenters. The Morgan fingerprint density at radius 1 is 1.23 bits per heavy atom. The summed E-state index contributed by atoms with van der Waals surface area (Å²) in [5, 5.41) is 10.4. The molecule has 0 bridgehead atoms. The van der Waals surface area contributed by atoms with E-state index < -0.39 is 0 Å². The van der Waals surface area contributed by atoms with Gasteiger partial charge in [0.1, 0.15) is 5.82 Å². The second kappa shape index (κ2) is 13.4. The minimum absolute atomic E-state index is 0. The summed E-state index contributed by atoms with van der Waals surface area (Å²) in [6.45, 7) is 2.18. The number of para-hydroxylation sites is 1. The Morgan fingerprint density at radius 2 is 1.96 bits per heavy atom. The minimum atomic E-state index is -0.0135. The lowest BCUT2D eigenvalue weighted by Gasteiger charge is -2.06. The highest BCUT2D eigenvalue weighted by molar-refractivity contribution is 5.85. The van der Waals surface area contributed by atoms with E-state index in [4.69, 9.17) is 10.5 Å². The quantitative estimate of drug-likeness (QED) is 0.523. The van der Waals surface area contributed by atoms with E-state index in [0.717, 1.165) is 24.2 Å². The van der Waals surface area contributed by atoms with Gasteiger partial charge in [-0.2, -0.15) is 5.10 Å². The Hall–Kier alpha value is -1.80. The van der Waals surface area contributed by atoms with Gasteiger partial charge in [0.05, 0.1) is 24.5 Å². The number of rotatable bonds is 10. The lowest BCUT2D eigenvalue weighted by atomic mass is 10.2. The van der Waals surface area contributed by atoms with Crippen molar-refractivity contribution in [1.29, 1.82) is 0 Å². The molecule has 0 radical (unpaired) electrons. The van der Waals surface area contributed by atoms with Gasteiger partial charge in [-0.25, -0.2) is 4.68 Å². The summed E-state index contributed by atoms with van der Waals surface area (Å²) in [7, 11) is 1.63. The first-order chi connectivity index (χ1) is 11.7. The molecular weight excluding hydrogens is 377 g/mol. The van der Waals surface area contributed by atoms with Gasteiger partial charge >= 0.3 is 0 Å². The molecule has 0 saturated carbocycles. The molecule has 0 aliphatic heterocycles. The van der Waals surface area contributed by atoms with E-state index in [2.05, 4.69) is 15.7 Å². The third kappa shape index (κ3) is 8.05. The number of nitrogen functional groups attached to an aromatic ring is 1. The average Bonchev–Trinajstić information content (AvgIpc) is 2.97. The predicted octanol–water partition coefficient (Wildman–Crippen LogP) is 1.58. The number of ether oxygens (including phenoxy) is 1. The Labute approximate surface area is 166 Å². The van der Waals surface area contributed by atoms with Crippen LogP contribution in [0.4, 0.5) is 5.82 Å². The molecule has 4 N–H and O–H groups in total. The number of nitrogens with zero attached hydrogens (tertiary/aromatic N) is 2. The van der Waals surface area contributed by atoms with Crippen molar-refractivity contribution in [2.45, 2.75) is 12.8 Å². The molecule has 26 heavy (non-hydrogen) atoms. The summed E-state index contributed by atoms with van der Waals surface area (Å²) in [5.41, 5.74) is 7.88. The number of anilines is 1. The normalized spacial score (nSPS) is 9.88. The topological polar surface area (TPSA) is 94.2 Å². The first-order valence-corrected chi connectivity index (χ1v) is 8.07. The number of carbonyl (C=O) groups is 1. The Kier molecular flexibility index (Phi) is 12.5. The highest BCUT2D eigenvalue weighted by Crippen LogP contribution is 2.14. The maximum Gasteiger partial charge on any atom is 0.233 e. The zero-order valence-corrected chi connectivity index (χ0v) is 16.4. The SMILES string of the molecule is COCCNCC(=O)NCCCc1cc(N)n(-c2ccccc2)n1.Cl.Cl. The smallest absolute Gasteiger partial charge is 0.233 e. The van der Waals surface area contributed by atoms with Crippen molar-refractivity contribution in [3.8, 4) is 5.69 Å². The third-order valence-electron chi connectivity index (χ3n) is 3.49. The average molecular weight is 404 g/mol. The van der Waals surface area contributed by atoms with Crippen LogP contribution in [0.25, 0.3) is 5.69 Å². The van der Waals surface area contributed by atoms with E-state index in [9.17, 15) is 4.79 Å². The van der Waals surface area contributed by atoms with Crippen LogP contribution >= 0.6 is 24.8 Å². The van der Waals surface area contributed by atoms with E-state index in [0.29, 0.717) is 32.1 Å². The van der Waals surface area contributed by atoms with Crippen LogP contribution in [0.3, 0.4) is 0 Å². The molecule has 1 amide bonds. The molecule has 0 fully saturated rings. The van der Waals surface area contributed by atoms with Crippen molar-refractivity contribution in [1.82, 2.24) is 20.4 Å². The summed E-state index contributed by atoms with van der Waals surface area (Å²) in [5.74, 6) is 0.600. The fraction of sp³-hybridized carbons (Fsp3) is 0.412. The molecule has 0 unspecified atom stereocenters. The molecule has 7 nitrogen and oxygen atoms in total. The Morgan fingerprint density at radius 3 is 2.65 bits per heavy atom. The van der Waals surface area contributed by atoms with Crippen molar-refractivity contribution in [3.05, 3.63) is 42.1 Å². The van der Waals surface area contributed by atoms with E-state index in [1.165, 1.54) is 0 Å². The summed E-state index contributed by atoms with van der Waals surface area (Å²) >= 11 is 0. The van der Waals surface area contributed by atoms with Gasteiger partial charge in [-0.1, -0.05) is 18.2 Å². The molecule has 146 valence electrons. The maximum absolute atomic E-state index is 11.6. The molecule has 9 heteroatoms. The number of hydrogen-bond donors (Lipinski definition) is 3. The van der Waals surface area contributed by atoms with Gasteiger partial charge in [0, 0.05) is 26.3 Å². The molecule has 2 rings (SSSR count). The number of carbonyl (C=O) groups excluding carboxylic acids is 1. The van der Waals surface area contributed by atoms with Crippen LogP contribution < -0.4 is 16.4 Å². The van der Waals surface area contributed by atoms with Crippen LogP contribution in [-0.4, -0.2) is 49.0 Å². The lowest BCUT2D eigenvalue weighted by Crippen LogP contribution is -2.35. The van der Waals surface area contributed by atoms with Gasteiger partial charge in [-0.3, -0.25) is 4.79 Å². The number of nitrogens with two attached hydrogens (primary N) is 1. The van der Waals surface area contributed by atoms with Crippen LogP contribution in [0.1, 0.15) is 12.1 Å². The molecular formula is C17H27Cl2N5O2. The number of hydrogen-bond acceptors (Lipinski definition) is 5. The summed E-state index contributed by atoms with van der Waals surface area (Å²) in [6.07, 6.45) is 1.58. The van der Waals surface area contributed by atoms with Gasteiger partial charge in [0.2, 0.25) is 5.91 Å². The molecule has 2 aromatic rings. The highest BCUT2D eigenvalue weighted by atomic mass is 35.5. The number of amides is 1. The standard InChI is InChI=1S/C17H25N5O2.2ClH/c1-24-11-10-19-13-17(23)20-9-5-6-14-12-16(18)22(21-14)15-7-3-2-4-8-15;;/h2-4,7-8,12,19H,5-6,9-11,13,18H2,1H3,(H,20,23);2*1H. The predicted molar refractivity (Wildman–Crippen MR) is 109 cm³/mol. The molecule has 0 spiro atoms. The number of benzene rings is 1. The van der Waals surface area contributed by atoms with Crippen LogP contribution in [0, 0.1) is 0 Å². The van der Waals surface area contributed by atoms with E-state index in [1.54, 1.807) is 11.8 Å². The van der Waals surface area contributed by atoms with Crippen molar-refractivity contribution in [2.24, 2.45) is 0 Å². The molecule has 0 aliphatic carbocycles. The second-order valence-electron chi connectivity index (χ2n) is 5.43. The van der Waals surface area contributed by atoms with Gasteiger partial charge in [0.15, 0.2) is 0 Å². The zero-order valence-electron chi connectivity index (χ0n) is 14.8. The highest BCUT2D eigenvalue weighted by Gasteiger charge is 2.07. The van der Waals surface area contributed by atoms with Crippen molar-refractivity contribution >= 4 is 36.5 Å². The van der Waals surface area contributed by atoms with Gasteiger partial charge in [-0.15, -0.1) is 24.8 Å². The minimum Gasteiger partial charge on any atom is -0.384 e. The van der Waals surface area contributed by atoms with Crippen LogP contribution in [0.2, 0.25) is 0 Å². The van der Waals surface area contributed by atoms with E-state index in [1.807, 2.05) is 36.4 Å². The van der Waals surface area contributed by atoms with Gasteiger partial charge in [0.25, 0.3) is 0 Å². The second-order valence-corrected chi connectivity index (χ2v) is 5.43. The van der Waals surface area contributed by atoms with Crippen LogP contribution in [0.15, 0.2) is 36.4 Å². The molecule has 1 aromatic carbocycles. The molecule has 1 aromatic heterocycles. The first-order valence-electron chi connectivity index (χ1n) is 8.07. The first kappa shape index (κ1) is 24.2. The van der Waals surface area contributed by atoms with E-state index >= 15 is 0 Å². The van der Waals surface area contributed by atoms with Crippen LogP contribution in [-0.2, 0) is 16.0 Å². The molecule has 1 heterocycles.